The SMILES string of the molecule is CC1CCN(c2ccc(CO)cc2NC(=O)c2cc(C#N)c[nH]2)CC1. The molecule has 2 aromatic rings. The maximum Gasteiger partial charge on any atom is 0.272 e. The zero-order valence-electron chi connectivity index (χ0n) is 14.2. The second-order valence-corrected chi connectivity index (χ2v) is 6.55. The Morgan fingerprint density at radius 1 is 1.40 bits per heavy atom. The highest BCUT2D eigenvalue weighted by Gasteiger charge is 2.20. The quantitative estimate of drug-likeness (QED) is 0.799. The van der Waals surface area contributed by atoms with E-state index in [1.54, 1.807) is 6.07 Å². The van der Waals surface area contributed by atoms with Gasteiger partial charge in [-0.25, -0.2) is 0 Å². The number of nitrogens with zero attached hydrogens (tertiary/aromatic N) is 2. The summed E-state index contributed by atoms with van der Waals surface area (Å²) >= 11 is 0. The Labute approximate surface area is 147 Å². The molecule has 0 spiro atoms. The molecule has 0 aliphatic carbocycles. The molecule has 130 valence electrons. The number of H-pyrrole nitrogens is 1. The lowest BCUT2D eigenvalue weighted by Crippen LogP contribution is -2.33. The normalized spacial score (nSPS) is 15.0. The predicted octanol–water partition coefficient (Wildman–Crippen LogP) is 2.87. The number of hydrogen-bond acceptors (Lipinski definition) is 4. The summed E-state index contributed by atoms with van der Waals surface area (Å²) in [4.78, 5) is 17.6. The summed E-state index contributed by atoms with van der Waals surface area (Å²) in [5, 5.41) is 21.2. The summed E-state index contributed by atoms with van der Waals surface area (Å²) in [6, 6.07) is 9.16. The molecule has 6 heteroatoms. The number of hydrogen-bond donors (Lipinski definition) is 3. The van der Waals surface area contributed by atoms with Crippen LogP contribution in [0.3, 0.4) is 0 Å². The molecular formula is C19H22N4O2. The van der Waals surface area contributed by atoms with Gasteiger partial charge in [0.25, 0.3) is 5.91 Å². The number of aromatic nitrogens is 1. The highest BCUT2D eigenvalue weighted by atomic mass is 16.3. The van der Waals surface area contributed by atoms with Gasteiger partial charge in [0.1, 0.15) is 11.8 Å². The standard InChI is InChI=1S/C19H22N4O2/c1-13-4-6-23(7-5-13)18-3-2-14(12-24)8-16(18)22-19(25)17-9-15(10-20)11-21-17/h2-3,8-9,11,13,21,24H,4-7,12H2,1H3,(H,22,25). The number of anilines is 2. The van der Waals surface area contributed by atoms with Crippen molar-refractivity contribution in [1.29, 1.82) is 5.26 Å². The zero-order valence-corrected chi connectivity index (χ0v) is 14.2. The van der Waals surface area contributed by atoms with E-state index < -0.39 is 0 Å². The molecule has 1 amide bonds. The third-order valence-corrected chi connectivity index (χ3v) is 4.67. The van der Waals surface area contributed by atoms with Gasteiger partial charge in [0, 0.05) is 19.3 Å². The summed E-state index contributed by atoms with van der Waals surface area (Å²) in [6.45, 7) is 4.07. The fourth-order valence-corrected chi connectivity index (χ4v) is 3.09. The molecule has 0 bridgehead atoms. The van der Waals surface area contributed by atoms with Gasteiger partial charge >= 0.3 is 0 Å². The minimum Gasteiger partial charge on any atom is -0.392 e. The van der Waals surface area contributed by atoms with Crippen molar-refractivity contribution in [2.24, 2.45) is 5.92 Å². The van der Waals surface area contributed by atoms with Crippen LogP contribution in [-0.2, 0) is 6.61 Å². The molecule has 25 heavy (non-hydrogen) atoms. The van der Waals surface area contributed by atoms with Crippen molar-refractivity contribution < 1.29 is 9.90 Å². The van der Waals surface area contributed by atoms with Crippen LogP contribution in [-0.4, -0.2) is 29.1 Å². The monoisotopic (exact) mass is 338 g/mol. The molecule has 0 radical (unpaired) electrons. The maximum absolute atomic E-state index is 12.5. The topological polar surface area (TPSA) is 92.2 Å². The first-order chi connectivity index (χ1) is 12.1. The van der Waals surface area contributed by atoms with Crippen LogP contribution in [0, 0.1) is 17.2 Å². The first-order valence-corrected chi connectivity index (χ1v) is 8.49. The van der Waals surface area contributed by atoms with Crippen molar-refractivity contribution in [3.05, 3.63) is 47.3 Å². The Kier molecular flexibility index (Phi) is 5.05. The molecule has 1 aliphatic rings. The van der Waals surface area contributed by atoms with E-state index in [0.717, 1.165) is 37.2 Å². The van der Waals surface area contributed by atoms with E-state index in [0.29, 0.717) is 22.9 Å². The molecule has 2 heterocycles. The minimum atomic E-state index is -0.303. The molecule has 6 nitrogen and oxygen atoms in total. The Hall–Kier alpha value is -2.78. The number of rotatable bonds is 4. The first kappa shape index (κ1) is 17.1. The van der Waals surface area contributed by atoms with Gasteiger partial charge in [0.15, 0.2) is 0 Å². The van der Waals surface area contributed by atoms with Crippen molar-refractivity contribution in [2.75, 3.05) is 23.3 Å². The van der Waals surface area contributed by atoms with Crippen molar-refractivity contribution in [3.8, 4) is 6.07 Å². The molecule has 0 saturated carbocycles. The fourth-order valence-electron chi connectivity index (χ4n) is 3.09. The molecule has 0 unspecified atom stereocenters. The molecule has 1 aromatic heterocycles. The van der Waals surface area contributed by atoms with Gasteiger partial charge in [-0.05, 0) is 42.5 Å². The van der Waals surface area contributed by atoms with Crippen LogP contribution in [0.25, 0.3) is 0 Å². The molecule has 1 aliphatic heterocycles. The number of carbonyl (C=O) groups is 1. The van der Waals surface area contributed by atoms with Crippen LogP contribution >= 0.6 is 0 Å². The van der Waals surface area contributed by atoms with Gasteiger partial charge in [-0.1, -0.05) is 13.0 Å². The molecule has 1 fully saturated rings. The van der Waals surface area contributed by atoms with E-state index in [9.17, 15) is 9.90 Å². The highest BCUT2D eigenvalue weighted by Crippen LogP contribution is 2.31. The lowest BCUT2D eigenvalue weighted by molar-refractivity contribution is 0.102. The lowest BCUT2D eigenvalue weighted by atomic mass is 9.98. The number of carbonyl (C=O) groups excluding carboxylic acids is 1. The number of aliphatic hydroxyl groups is 1. The van der Waals surface area contributed by atoms with Crippen molar-refractivity contribution in [1.82, 2.24) is 4.98 Å². The average Bonchev–Trinajstić information content (AvgIpc) is 3.12. The molecular weight excluding hydrogens is 316 g/mol. The van der Waals surface area contributed by atoms with E-state index in [1.807, 2.05) is 18.2 Å². The maximum atomic E-state index is 12.5. The third kappa shape index (κ3) is 3.83. The Balaban J connectivity index is 1.85. The van der Waals surface area contributed by atoms with E-state index in [4.69, 9.17) is 5.26 Å². The molecule has 3 N–H and O–H groups in total. The van der Waals surface area contributed by atoms with E-state index in [2.05, 4.69) is 22.1 Å². The van der Waals surface area contributed by atoms with E-state index in [-0.39, 0.29) is 12.5 Å². The second-order valence-electron chi connectivity index (χ2n) is 6.55. The number of amides is 1. The van der Waals surface area contributed by atoms with Crippen LogP contribution < -0.4 is 10.2 Å². The Morgan fingerprint density at radius 2 is 2.16 bits per heavy atom. The van der Waals surface area contributed by atoms with Gasteiger partial charge in [-0.2, -0.15) is 5.26 Å². The fraction of sp³-hybridized carbons (Fsp3) is 0.368. The number of nitriles is 1. The van der Waals surface area contributed by atoms with Gasteiger partial charge in [-0.15, -0.1) is 0 Å². The van der Waals surface area contributed by atoms with Crippen LogP contribution in [0.15, 0.2) is 30.5 Å². The van der Waals surface area contributed by atoms with Crippen LogP contribution in [0.5, 0.6) is 0 Å². The van der Waals surface area contributed by atoms with Gasteiger partial charge in [-0.3, -0.25) is 4.79 Å². The number of nitrogens with one attached hydrogen (secondary N) is 2. The summed E-state index contributed by atoms with van der Waals surface area (Å²) in [6.07, 6.45) is 3.75. The van der Waals surface area contributed by atoms with Crippen LogP contribution in [0.2, 0.25) is 0 Å². The number of aliphatic hydroxyl groups excluding tert-OH is 1. The third-order valence-electron chi connectivity index (χ3n) is 4.67. The largest absolute Gasteiger partial charge is 0.392 e. The smallest absolute Gasteiger partial charge is 0.272 e. The van der Waals surface area contributed by atoms with E-state index >= 15 is 0 Å². The van der Waals surface area contributed by atoms with Gasteiger partial charge < -0.3 is 20.3 Å². The van der Waals surface area contributed by atoms with Gasteiger partial charge in [0.2, 0.25) is 0 Å². The summed E-state index contributed by atoms with van der Waals surface area (Å²) in [7, 11) is 0. The number of benzene rings is 1. The van der Waals surface area contributed by atoms with Crippen molar-refractivity contribution >= 4 is 17.3 Å². The minimum absolute atomic E-state index is 0.0821. The highest BCUT2D eigenvalue weighted by molar-refractivity contribution is 6.05. The molecule has 1 aromatic carbocycles. The Bertz CT molecular complexity index is 798. The lowest BCUT2D eigenvalue weighted by Gasteiger charge is -2.33. The number of aromatic amines is 1. The summed E-state index contributed by atoms with van der Waals surface area (Å²) in [5.41, 5.74) is 3.14. The summed E-state index contributed by atoms with van der Waals surface area (Å²) < 4.78 is 0. The van der Waals surface area contributed by atoms with E-state index in [1.165, 1.54) is 12.3 Å². The molecule has 0 atom stereocenters. The predicted molar refractivity (Wildman–Crippen MR) is 96.4 cm³/mol. The van der Waals surface area contributed by atoms with Crippen LogP contribution in [0.4, 0.5) is 11.4 Å². The molecule has 3 rings (SSSR count). The van der Waals surface area contributed by atoms with Crippen molar-refractivity contribution in [2.45, 2.75) is 26.4 Å². The zero-order chi connectivity index (χ0) is 17.8. The van der Waals surface area contributed by atoms with Crippen LogP contribution in [0.1, 0.15) is 41.4 Å². The second kappa shape index (κ2) is 7.41. The average molecular weight is 338 g/mol. The summed E-state index contributed by atoms with van der Waals surface area (Å²) in [5.74, 6) is 0.414. The van der Waals surface area contributed by atoms with Crippen molar-refractivity contribution in [3.63, 3.8) is 0 Å². The first-order valence-electron chi connectivity index (χ1n) is 8.49. The Morgan fingerprint density at radius 3 is 2.80 bits per heavy atom. The molecule has 1 saturated heterocycles. The van der Waals surface area contributed by atoms with Gasteiger partial charge in [0.05, 0.1) is 23.5 Å². The number of piperidine rings is 1.